The Kier molecular flexibility index (Phi) is 3.40. The van der Waals surface area contributed by atoms with Crippen LogP contribution in [0.25, 0.3) is 0 Å². The van der Waals surface area contributed by atoms with Gasteiger partial charge >= 0.3 is 0 Å². The Morgan fingerprint density at radius 3 is 2.77 bits per heavy atom. The molecule has 1 N–H and O–H groups in total. The molecule has 0 saturated carbocycles. The van der Waals surface area contributed by atoms with E-state index in [0.717, 1.165) is 5.01 Å². The third-order valence-electron chi connectivity index (χ3n) is 1.69. The van der Waals surface area contributed by atoms with Crippen LogP contribution in [0.3, 0.4) is 0 Å². The fourth-order valence-electron chi connectivity index (χ4n) is 1.02. The third-order valence-corrected chi connectivity index (χ3v) is 3.32. The number of rotatable bonds is 4. The standard InChI is InChI=1S/C7H11NO3S2/c1-7-8(4-5-12-7)3-2-6-13(9,10)11/h4-5H,2-3,6H2,1H3/p+1. The van der Waals surface area contributed by atoms with Crippen molar-refractivity contribution in [2.45, 2.75) is 19.9 Å². The van der Waals surface area contributed by atoms with Crippen molar-refractivity contribution in [3.05, 3.63) is 16.6 Å². The molecule has 0 fully saturated rings. The van der Waals surface area contributed by atoms with E-state index in [1.54, 1.807) is 11.3 Å². The van der Waals surface area contributed by atoms with Crippen LogP contribution in [0, 0.1) is 6.92 Å². The highest BCUT2D eigenvalue weighted by atomic mass is 32.2. The first-order valence-corrected chi connectivity index (χ1v) is 6.36. The Morgan fingerprint density at radius 1 is 1.62 bits per heavy atom. The van der Waals surface area contributed by atoms with E-state index in [-0.39, 0.29) is 5.75 Å². The van der Waals surface area contributed by atoms with E-state index in [1.807, 2.05) is 23.1 Å². The van der Waals surface area contributed by atoms with Crippen LogP contribution in [0.15, 0.2) is 11.6 Å². The molecule has 0 radical (unpaired) electrons. The predicted octanol–water partition coefficient (Wildman–Crippen LogP) is 0.622. The minimum Gasteiger partial charge on any atom is -0.286 e. The number of hydrogen-bond donors (Lipinski definition) is 1. The smallest absolute Gasteiger partial charge is 0.265 e. The topological polar surface area (TPSA) is 58.2 Å². The van der Waals surface area contributed by atoms with E-state index >= 15 is 0 Å². The Morgan fingerprint density at radius 2 is 2.31 bits per heavy atom. The van der Waals surface area contributed by atoms with Crippen LogP contribution in [0.1, 0.15) is 11.4 Å². The molecular weight excluding hydrogens is 210 g/mol. The second-order valence-electron chi connectivity index (χ2n) is 2.76. The van der Waals surface area contributed by atoms with Gasteiger partial charge in [-0.1, -0.05) is 11.3 Å². The van der Waals surface area contributed by atoms with Gasteiger partial charge in [-0.15, -0.1) is 0 Å². The Balaban J connectivity index is 2.41. The molecular formula is C7H12NO3S2+. The Labute approximate surface area is 81.6 Å². The molecule has 0 aliphatic heterocycles. The Hall–Kier alpha value is -0.460. The molecule has 74 valence electrons. The summed E-state index contributed by atoms with van der Waals surface area (Å²) in [4.78, 5) is 0. The van der Waals surface area contributed by atoms with Crippen molar-refractivity contribution in [1.82, 2.24) is 0 Å². The van der Waals surface area contributed by atoms with E-state index in [0.29, 0.717) is 13.0 Å². The summed E-state index contributed by atoms with van der Waals surface area (Å²) in [6, 6.07) is 0. The van der Waals surface area contributed by atoms with Gasteiger partial charge in [0.15, 0.2) is 12.7 Å². The highest BCUT2D eigenvalue weighted by Crippen LogP contribution is 1.99. The molecule has 0 bridgehead atoms. The number of hydrogen-bond acceptors (Lipinski definition) is 3. The summed E-state index contributed by atoms with van der Waals surface area (Å²) in [5.41, 5.74) is 0. The zero-order valence-corrected chi connectivity index (χ0v) is 8.94. The van der Waals surface area contributed by atoms with Gasteiger partial charge in [0.05, 0.1) is 11.1 Å². The molecule has 0 spiro atoms. The molecule has 4 nitrogen and oxygen atoms in total. The minimum absolute atomic E-state index is 0.171. The molecule has 0 saturated heterocycles. The molecule has 0 aromatic carbocycles. The van der Waals surface area contributed by atoms with Crippen LogP contribution in [0.4, 0.5) is 0 Å². The summed E-state index contributed by atoms with van der Waals surface area (Å²) < 4.78 is 31.2. The van der Waals surface area contributed by atoms with Crippen molar-refractivity contribution in [1.29, 1.82) is 0 Å². The van der Waals surface area contributed by atoms with Crippen LogP contribution in [-0.4, -0.2) is 18.7 Å². The van der Waals surface area contributed by atoms with Gasteiger partial charge in [-0.05, 0) is 0 Å². The fraction of sp³-hybridized carbons (Fsp3) is 0.571. The van der Waals surface area contributed by atoms with Gasteiger partial charge < -0.3 is 0 Å². The maximum absolute atomic E-state index is 10.4. The SMILES string of the molecule is Cc1scc[n+]1CCCS(=O)(=O)O. The van der Waals surface area contributed by atoms with Crippen molar-refractivity contribution in [2.75, 3.05) is 5.75 Å². The van der Waals surface area contributed by atoms with E-state index in [4.69, 9.17) is 4.55 Å². The van der Waals surface area contributed by atoms with Crippen LogP contribution >= 0.6 is 11.3 Å². The van der Waals surface area contributed by atoms with Gasteiger partial charge in [0.2, 0.25) is 5.01 Å². The summed E-state index contributed by atoms with van der Waals surface area (Å²) in [5.74, 6) is -0.171. The summed E-state index contributed by atoms with van der Waals surface area (Å²) in [6.45, 7) is 2.60. The lowest BCUT2D eigenvalue weighted by Gasteiger charge is -1.94. The Bertz CT molecular complexity index is 369. The number of aromatic nitrogens is 1. The quantitative estimate of drug-likeness (QED) is 0.600. The van der Waals surface area contributed by atoms with Gasteiger partial charge in [-0.3, -0.25) is 4.55 Å². The third kappa shape index (κ3) is 3.84. The van der Waals surface area contributed by atoms with Gasteiger partial charge in [0, 0.05) is 13.3 Å². The molecule has 0 aliphatic carbocycles. The summed E-state index contributed by atoms with van der Waals surface area (Å²) >= 11 is 1.61. The van der Waals surface area contributed by atoms with Crippen molar-refractivity contribution >= 4 is 21.5 Å². The fourth-order valence-corrected chi connectivity index (χ4v) is 2.21. The zero-order chi connectivity index (χ0) is 9.90. The highest BCUT2D eigenvalue weighted by Gasteiger charge is 2.10. The van der Waals surface area contributed by atoms with Crippen LogP contribution in [0.5, 0.6) is 0 Å². The number of aryl methyl sites for hydroxylation is 2. The first kappa shape index (κ1) is 10.6. The summed E-state index contributed by atoms with van der Waals surface area (Å²) in [5, 5.41) is 3.08. The van der Waals surface area contributed by atoms with Gasteiger partial charge in [0.25, 0.3) is 10.1 Å². The van der Waals surface area contributed by atoms with Crippen LogP contribution < -0.4 is 4.57 Å². The molecule has 0 unspecified atom stereocenters. The lowest BCUT2D eigenvalue weighted by Crippen LogP contribution is -2.34. The second kappa shape index (κ2) is 4.17. The van der Waals surface area contributed by atoms with Gasteiger partial charge in [0.1, 0.15) is 0 Å². The number of nitrogens with zero attached hydrogens (tertiary/aromatic N) is 1. The maximum atomic E-state index is 10.4. The van der Waals surface area contributed by atoms with Crippen molar-refractivity contribution in [3.63, 3.8) is 0 Å². The van der Waals surface area contributed by atoms with E-state index in [9.17, 15) is 8.42 Å². The minimum atomic E-state index is -3.80. The average molecular weight is 222 g/mol. The summed E-state index contributed by atoms with van der Waals surface area (Å²) in [6.07, 6.45) is 2.35. The summed E-state index contributed by atoms with van der Waals surface area (Å²) in [7, 11) is -3.80. The molecule has 6 heteroatoms. The van der Waals surface area contributed by atoms with Crippen molar-refractivity contribution in [2.24, 2.45) is 0 Å². The van der Waals surface area contributed by atoms with Crippen LogP contribution in [0.2, 0.25) is 0 Å². The second-order valence-corrected chi connectivity index (χ2v) is 5.43. The molecule has 13 heavy (non-hydrogen) atoms. The molecule has 1 aromatic rings. The monoisotopic (exact) mass is 222 g/mol. The first-order chi connectivity index (χ1) is 5.99. The molecule has 0 amide bonds. The molecule has 0 aliphatic rings. The lowest BCUT2D eigenvalue weighted by molar-refractivity contribution is -0.697. The van der Waals surface area contributed by atoms with Gasteiger partial charge in [-0.2, -0.15) is 13.0 Å². The van der Waals surface area contributed by atoms with E-state index < -0.39 is 10.1 Å². The average Bonchev–Trinajstić information content (AvgIpc) is 2.34. The number of thiazole rings is 1. The molecule has 0 atom stereocenters. The lowest BCUT2D eigenvalue weighted by atomic mass is 10.5. The van der Waals surface area contributed by atoms with E-state index in [2.05, 4.69) is 0 Å². The molecule has 1 aromatic heterocycles. The zero-order valence-electron chi connectivity index (χ0n) is 7.30. The van der Waals surface area contributed by atoms with Gasteiger partial charge in [-0.25, -0.2) is 0 Å². The van der Waals surface area contributed by atoms with Crippen molar-refractivity contribution < 1.29 is 17.5 Å². The van der Waals surface area contributed by atoms with Crippen molar-refractivity contribution in [3.8, 4) is 0 Å². The maximum Gasteiger partial charge on any atom is 0.265 e. The molecule has 1 rings (SSSR count). The first-order valence-electron chi connectivity index (χ1n) is 3.88. The van der Waals surface area contributed by atoms with Crippen LogP contribution in [-0.2, 0) is 16.7 Å². The highest BCUT2D eigenvalue weighted by molar-refractivity contribution is 7.85. The normalized spacial score (nSPS) is 11.8. The van der Waals surface area contributed by atoms with E-state index in [1.165, 1.54) is 0 Å². The largest absolute Gasteiger partial charge is 0.286 e. The predicted molar refractivity (Wildman–Crippen MR) is 50.3 cm³/mol. The molecule has 1 heterocycles.